The second-order valence-electron chi connectivity index (χ2n) is 4.28. The molecule has 1 atom stereocenters. The van der Waals surface area contributed by atoms with E-state index in [9.17, 15) is 9.59 Å². The SMILES string of the molecule is O=C(O)CCC(C(=O)NC1CC1)c1cccs1. The summed E-state index contributed by atoms with van der Waals surface area (Å²) in [4.78, 5) is 23.6. The molecular weight excluding hydrogens is 238 g/mol. The minimum atomic E-state index is -0.856. The minimum Gasteiger partial charge on any atom is -0.481 e. The molecule has 1 aliphatic carbocycles. The number of carboxylic acids is 1. The smallest absolute Gasteiger partial charge is 0.303 e. The first kappa shape index (κ1) is 12.1. The lowest BCUT2D eigenvalue weighted by Crippen LogP contribution is -2.31. The molecular formula is C12H15NO3S. The number of rotatable bonds is 6. The van der Waals surface area contributed by atoms with Crippen LogP contribution in [0.25, 0.3) is 0 Å². The van der Waals surface area contributed by atoms with Gasteiger partial charge in [0.2, 0.25) is 5.91 Å². The molecule has 5 heteroatoms. The molecule has 1 heterocycles. The molecule has 92 valence electrons. The average molecular weight is 253 g/mol. The van der Waals surface area contributed by atoms with Gasteiger partial charge in [-0.2, -0.15) is 0 Å². The first-order chi connectivity index (χ1) is 8.16. The lowest BCUT2D eigenvalue weighted by atomic mass is 10.0. The van der Waals surface area contributed by atoms with Crippen LogP contribution in [0, 0.1) is 0 Å². The predicted molar refractivity (Wildman–Crippen MR) is 65.1 cm³/mol. The summed E-state index contributed by atoms with van der Waals surface area (Å²) in [5.74, 6) is -1.20. The van der Waals surface area contributed by atoms with E-state index >= 15 is 0 Å². The van der Waals surface area contributed by atoms with Crippen LogP contribution >= 0.6 is 11.3 Å². The zero-order chi connectivity index (χ0) is 12.3. The second-order valence-corrected chi connectivity index (χ2v) is 5.26. The fraction of sp³-hybridized carbons (Fsp3) is 0.500. The van der Waals surface area contributed by atoms with Gasteiger partial charge in [0.15, 0.2) is 0 Å². The maximum atomic E-state index is 12.0. The minimum absolute atomic E-state index is 0.0284. The second kappa shape index (κ2) is 5.31. The average Bonchev–Trinajstić information content (AvgIpc) is 2.92. The van der Waals surface area contributed by atoms with Crippen LogP contribution in [0.15, 0.2) is 17.5 Å². The Morgan fingerprint density at radius 2 is 2.29 bits per heavy atom. The number of carbonyl (C=O) groups is 2. The quantitative estimate of drug-likeness (QED) is 0.814. The van der Waals surface area contributed by atoms with Gasteiger partial charge in [-0.25, -0.2) is 0 Å². The van der Waals surface area contributed by atoms with Gasteiger partial charge < -0.3 is 10.4 Å². The number of hydrogen-bond acceptors (Lipinski definition) is 3. The Bertz CT molecular complexity index is 398. The maximum absolute atomic E-state index is 12.0. The Morgan fingerprint density at radius 1 is 1.53 bits per heavy atom. The van der Waals surface area contributed by atoms with Crippen molar-refractivity contribution in [3.05, 3.63) is 22.4 Å². The highest BCUT2D eigenvalue weighted by molar-refractivity contribution is 7.10. The highest BCUT2D eigenvalue weighted by Gasteiger charge is 2.29. The molecule has 2 rings (SSSR count). The fourth-order valence-electron chi connectivity index (χ4n) is 1.69. The highest BCUT2D eigenvalue weighted by atomic mass is 32.1. The summed E-state index contributed by atoms with van der Waals surface area (Å²) in [7, 11) is 0. The van der Waals surface area contributed by atoms with E-state index in [2.05, 4.69) is 5.32 Å². The van der Waals surface area contributed by atoms with Crippen molar-refractivity contribution in [3.63, 3.8) is 0 Å². The topological polar surface area (TPSA) is 66.4 Å². The lowest BCUT2D eigenvalue weighted by Gasteiger charge is -2.14. The first-order valence-corrected chi connectivity index (χ1v) is 6.60. The van der Waals surface area contributed by atoms with Gasteiger partial charge >= 0.3 is 5.97 Å². The number of carbonyl (C=O) groups excluding carboxylic acids is 1. The van der Waals surface area contributed by atoms with Crippen LogP contribution in [-0.2, 0) is 9.59 Å². The standard InChI is InChI=1S/C12H15NO3S/c14-11(15)6-5-9(10-2-1-7-17-10)12(16)13-8-3-4-8/h1-2,7-9H,3-6H2,(H,13,16)(H,14,15). The molecule has 0 aliphatic heterocycles. The van der Waals surface area contributed by atoms with E-state index in [1.54, 1.807) is 0 Å². The third kappa shape index (κ3) is 3.56. The molecule has 0 radical (unpaired) electrons. The molecule has 1 aromatic heterocycles. The van der Waals surface area contributed by atoms with Crippen LogP contribution < -0.4 is 5.32 Å². The first-order valence-electron chi connectivity index (χ1n) is 5.72. The number of thiophene rings is 1. The maximum Gasteiger partial charge on any atom is 0.303 e. The van der Waals surface area contributed by atoms with Gasteiger partial charge in [0, 0.05) is 17.3 Å². The summed E-state index contributed by atoms with van der Waals surface area (Å²) in [5, 5.41) is 13.6. The van der Waals surface area contributed by atoms with Crippen molar-refractivity contribution in [1.82, 2.24) is 5.32 Å². The number of amides is 1. The summed E-state index contributed by atoms with van der Waals surface area (Å²) in [5.41, 5.74) is 0. The molecule has 0 saturated heterocycles. The zero-order valence-electron chi connectivity index (χ0n) is 9.39. The van der Waals surface area contributed by atoms with Crippen LogP contribution in [0.1, 0.15) is 36.5 Å². The zero-order valence-corrected chi connectivity index (χ0v) is 10.2. The summed E-state index contributed by atoms with van der Waals surface area (Å²) in [6, 6.07) is 4.09. The summed E-state index contributed by atoms with van der Waals surface area (Å²) in [6.45, 7) is 0. The molecule has 1 aromatic rings. The molecule has 0 bridgehead atoms. The number of aliphatic carboxylic acids is 1. The van der Waals surface area contributed by atoms with Crippen LogP contribution in [0.4, 0.5) is 0 Å². The van der Waals surface area contributed by atoms with Crippen molar-refractivity contribution in [2.24, 2.45) is 0 Å². The van der Waals surface area contributed by atoms with Gasteiger partial charge in [0.05, 0.1) is 5.92 Å². The van der Waals surface area contributed by atoms with Crippen LogP contribution in [0.5, 0.6) is 0 Å². The Morgan fingerprint density at radius 3 is 2.82 bits per heavy atom. The molecule has 4 nitrogen and oxygen atoms in total. The van der Waals surface area contributed by atoms with Crippen molar-refractivity contribution >= 4 is 23.2 Å². The number of hydrogen-bond donors (Lipinski definition) is 2. The van der Waals surface area contributed by atoms with Crippen molar-refractivity contribution in [2.75, 3.05) is 0 Å². The Labute approximate surface area is 104 Å². The molecule has 1 unspecified atom stereocenters. The summed E-state index contributed by atoms with van der Waals surface area (Å²) < 4.78 is 0. The Balaban J connectivity index is 2.00. The fourth-order valence-corrected chi connectivity index (χ4v) is 2.55. The lowest BCUT2D eigenvalue weighted by molar-refractivity contribution is -0.137. The van der Waals surface area contributed by atoms with Crippen LogP contribution in [0.3, 0.4) is 0 Å². The third-order valence-corrected chi connectivity index (χ3v) is 3.76. The molecule has 0 aromatic carbocycles. The van der Waals surface area contributed by atoms with Crippen molar-refractivity contribution in [2.45, 2.75) is 37.6 Å². The Kier molecular flexibility index (Phi) is 3.78. The van der Waals surface area contributed by atoms with Gasteiger partial charge in [-0.15, -0.1) is 11.3 Å². The summed E-state index contributed by atoms with van der Waals surface area (Å²) in [6.07, 6.45) is 2.48. The largest absolute Gasteiger partial charge is 0.481 e. The van der Waals surface area contributed by atoms with Gasteiger partial charge in [-0.05, 0) is 30.7 Å². The molecule has 1 fully saturated rings. The predicted octanol–water partition coefficient (Wildman–Crippen LogP) is 1.98. The van der Waals surface area contributed by atoms with Gasteiger partial charge in [-0.1, -0.05) is 6.07 Å². The van der Waals surface area contributed by atoms with Crippen LogP contribution in [0.2, 0.25) is 0 Å². The van der Waals surface area contributed by atoms with E-state index in [1.807, 2.05) is 17.5 Å². The van der Waals surface area contributed by atoms with Crippen LogP contribution in [-0.4, -0.2) is 23.0 Å². The van der Waals surface area contributed by atoms with Crippen molar-refractivity contribution in [1.29, 1.82) is 0 Å². The summed E-state index contributed by atoms with van der Waals surface area (Å²) >= 11 is 1.50. The molecule has 0 spiro atoms. The third-order valence-electron chi connectivity index (χ3n) is 2.77. The molecule has 1 amide bonds. The molecule has 17 heavy (non-hydrogen) atoms. The van der Waals surface area contributed by atoms with Crippen molar-refractivity contribution < 1.29 is 14.7 Å². The monoisotopic (exact) mass is 253 g/mol. The van der Waals surface area contributed by atoms with Gasteiger partial charge in [0.1, 0.15) is 0 Å². The van der Waals surface area contributed by atoms with Gasteiger partial charge in [-0.3, -0.25) is 9.59 Å². The number of nitrogens with one attached hydrogen (secondary N) is 1. The highest BCUT2D eigenvalue weighted by Crippen LogP contribution is 2.28. The normalized spacial score (nSPS) is 16.5. The van der Waals surface area contributed by atoms with Gasteiger partial charge in [0.25, 0.3) is 0 Å². The Hall–Kier alpha value is -1.36. The van der Waals surface area contributed by atoms with E-state index in [1.165, 1.54) is 11.3 Å². The molecule has 1 saturated carbocycles. The van der Waals surface area contributed by atoms with E-state index in [0.29, 0.717) is 12.5 Å². The van der Waals surface area contributed by atoms with E-state index in [-0.39, 0.29) is 18.2 Å². The van der Waals surface area contributed by atoms with E-state index < -0.39 is 5.97 Å². The molecule has 2 N–H and O–H groups in total. The van der Waals surface area contributed by atoms with E-state index in [0.717, 1.165) is 17.7 Å². The molecule has 1 aliphatic rings. The number of carboxylic acid groups (broad SMARTS) is 1. The van der Waals surface area contributed by atoms with Crippen molar-refractivity contribution in [3.8, 4) is 0 Å². The van der Waals surface area contributed by atoms with E-state index in [4.69, 9.17) is 5.11 Å².